The molecule has 1 fully saturated rings. The molecule has 0 aliphatic heterocycles. The van der Waals surface area contributed by atoms with Crippen LogP contribution in [0, 0.1) is 5.82 Å². The summed E-state index contributed by atoms with van der Waals surface area (Å²) >= 11 is 1.14. The first-order valence-electron chi connectivity index (χ1n) is 13.2. The molecule has 2 aromatic carbocycles. The van der Waals surface area contributed by atoms with Crippen molar-refractivity contribution in [2.45, 2.75) is 57.4 Å². The number of carbonyl (C=O) groups excluding carboxylic acids is 1. The molecule has 0 atom stereocenters. The van der Waals surface area contributed by atoms with Crippen molar-refractivity contribution in [2.24, 2.45) is 5.73 Å². The van der Waals surface area contributed by atoms with Gasteiger partial charge in [0, 0.05) is 45.2 Å². The summed E-state index contributed by atoms with van der Waals surface area (Å²) in [5, 5.41) is 10.1. The molecule has 1 aromatic heterocycles. The number of rotatable bonds is 13. The van der Waals surface area contributed by atoms with Gasteiger partial charge < -0.3 is 20.7 Å². The predicted octanol–water partition coefficient (Wildman–Crippen LogP) is 4.03. The number of nitrogens with one attached hydrogen (secondary N) is 1. The van der Waals surface area contributed by atoms with Gasteiger partial charge in [-0.2, -0.15) is 0 Å². The van der Waals surface area contributed by atoms with E-state index in [0.29, 0.717) is 30.9 Å². The number of aromatic hydroxyl groups is 1. The van der Waals surface area contributed by atoms with Gasteiger partial charge in [-0.3, -0.25) is 14.5 Å². The molecule has 7 nitrogen and oxygen atoms in total. The number of thiazole rings is 1. The largest absolute Gasteiger partial charge is 0.506 e. The van der Waals surface area contributed by atoms with Crippen LogP contribution in [0.5, 0.6) is 5.75 Å². The molecule has 1 aliphatic carbocycles. The Morgan fingerprint density at radius 1 is 1.05 bits per heavy atom. The molecule has 0 bridgehead atoms. The lowest BCUT2D eigenvalue weighted by molar-refractivity contribution is -0.118. The molecule has 9 heteroatoms. The normalized spacial score (nSPS) is 14.7. The lowest BCUT2D eigenvalue weighted by Crippen LogP contribution is -2.44. The molecule has 0 saturated heterocycles. The lowest BCUT2D eigenvalue weighted by Gasteiger charge is -2.36. The second-order valence-electron chi connectivity index (χ2n) is 9.98. The number of aromatic nitrogens is 1. The Morgan fingerprint density at radius 2 is 1.86 bits per heavy atom. The number of H-pyrrole nitrogens is 1. The standard InChI is InChI=1S/C28H37FN4O3S/c29-22-6-4-5-20(19-22)11-14-32(15-13-25(30)35)17-18-33(23-7-2-1-3-8-23)16-12-21-9-10-24(34)26-27(21)37-28(36)31-26/h4-6,9-10,19,23,34H,1-3,7-8,11-18H2,(H2,30,35)(H,31,36). The number of hydrogen-bond acceptors (Lipinski definition) is 6. The van der Waals surface area contributed by atoms with E-state index in [0.717, 1.165) is 59.8 Å². The minimum absolute atomic E-state index is 0.102. The SMILES string of the molecule is NC(=O)CCN(CCc1cccc(F)c1)CCN(CCc1ccc(O)c2[nH]c(=O)sc12)C1CCCCC1. The van der Waals surface area contributed by atoms with E-state index in [1.807, 2.05) is 12.1 Å². The van der Waals surface area contributed by atoms with Gasteiger partial charge in [-0.05, 0) is 55.0 Å². The maximum atomic E-state index is 13.6. The number of halogens is 1. The minimum atomic E-state index is -0.318. The number of primary amides is 1. The monoisotopic (exact) mass is 528 g/mol. The molecule has 0 radical (unpaired) electrons. The fourth-order valence-electron chi connectivity index (χ4n) is 5.31. The predicted molar refractivity (Wildman–Crippen MR) is 147 cm³/mol. The Morgan fingerprint density at radius 3 is 2.62 bits per heavy atom. The van der Waals surface area contributed by atoms with Gasteiger partial charge in [0.05, 0.1) is 4.70 Å². The molecule has 1 saturated carbocycles. The van der Waals surface area contributed by atoms with Crippen LogP contribution >= 0.6 is 11.3 Å². The maximum Gasteiger partial charge on any atom is 0.305 e. The summed E-state index contributed by atoms with van der Waals surface area (Å²) in [5.41, 5.74) is 7.97. The van der Waals surface area contributed by atoms with Crippen LogP contribution in [0.1, 0.15) is 49.7 Å². The average Bonchev–Trinajstić information content (AvgIpc) is 3.29. The van der Waals surface area contributed by atoms with E-state index in [4.69, 9.17) is 5.73 Å². The topological polar surface area (TPSA) is 103 Å². The van der Waals surface area contributed by atoms with Gasteiger partial charge in [0.1, 0.15) is 17.1 Å². The number of benzene rings is 2. The number of hydrogen-bond donors (Lipinski definition) is 3. The number of nitrogens with zero attached hydrogens (tertiary/aromatic N) is 2. The van der Waals surface area contributed by atoms with Gasteiger partial charge in [-0.1, -0.05) is 48.8 Å². The third kappa shape index (κ3) is 7.87. The van der Waals surface area contributed by atoms with Crippen molar-refractivity contribution in [2.75, 3.05) is 32.7 Å². The van der Waals surface area contributed by atoms with Gasteiger partial charge in [0.25, 0.3) is 0 Å². The van der Waals surface area contributed by atoms with Crippen LogP contribution in [0.15, 0.2) is 41.2 Å². The van der Waals surface area contributed by atoms with Crippen LogP contribution < -0.4 is 10.6 Å². The summed E-state index contributed by atoms with van der Waals surface area (Å²) in [6.45, 7) is 3.81. The molecule has 37 heavy (non-hydrogen) atoms. The van der Waals surface area contributed by atoms with Crippen LogP contribution in [-0.4, -0.2) is 64.6 Å². The van der Waals surface area contributed by atoms with E-state index in [1.54, 1.807) is 18.2 Å². The van der Waals surface area contributed by atoms with Crippen LogP contribution in [0.2, 0.25) is 0 Å². The van der Waals surface area contributed by atoms with Crippen LogP contribution in [0.3, 0.4) is 0 Å². The average molecular weight is 529 g/mol. The molecular weight excluding hydrogens is 491 g/mol. The van der Waals surface area contributed by atoms with E-state index in [9.17, 15) is 19.1 Å². The fourth-order valence-corrected chi connectivity index (χ4v) is 6.21. The summed E-state index contributed by atoms with van der Waals surface area (Å²) < 4.78 is 14.5. The number of phenolic OH excluding ortho intramolecular Hbond substituents is 1. The number of amides is 1. The Hall–Kier alpha value is -2.75. The van der Waals surface area contributed by atoms with E-state index in [2.05, 4.69) is 14.8 Å². The Bertz CT molecular complexity index is 1240. The molecule has 0 unspecified atom stereocenters. The number of fused-ring (bicyclic) bond motifs is 1. The Kier molecular flexibility index (Phi) is 9.71. The smallest absolute Gasteiger partial charge is 0.305 e. The van der Waals surface area contributed by atoms with E-state index < -0.39 is 0 Å². The second kappa shape index (κ2) is 13.2. The number of nitrogens with two attached hydrogens (primary N) is 1. The molecule has 1 aliphatic rings. The fraction of sp³-hybridized carbons (Fsp3) is 0.500. The van der Waals surface area contributed by atoms with E-state index in [1.165, 1.54) is 38.2 Å². The molecule has 200 valence electrons. The molecule has 4 N–H and O–H groups in total. The summed E-state index contributed by atoms with van der Waals surface area (Å²) in [6, 6.07) is 10.7. The van der Waals surface area contributed by atoms with Gasteiger partial charge in [-0.25, -0.2) is 4.39 Å². The van der Waals surface area contributed by atoms with Crippen molar-refractivity contribution >= 4 is 27.5 Å². The highest BCUT2D eigenvalue weighted by atomic mass is 32.1. The first kappa shape index (κ1) is 27.3. The Labute approximate surface area is 221 Å². The zero-order chi connectivity index (χ0) is 26.2. The second-order valence-corrected chi connectivity index (χ2v) is 11.0. The van der Waals surface area contributed by atoms with Crippen LogP contribution in [0.4, 0.5) is 4.39 Å². The molecule has 4 rings (SSSR count). The highest BCUT2D eigenvalue weighted by Gasteiger charge is 2.22. The van der Waals surface area contributed by atoms with E-state index >= 15 is 0 Å². The molecular formula is C28H37FN4O3S. The summed E-state index contributed by atoms with van der Waals surface area (Å²) in [7, 11) is 0. The maximum absolute atomic E-state index is 13.6. The van der Waals surface area contributed by atoms with Crippen molar-refractivity contribution in [1.29, 1.82) is 0 Å². The molecule has 1 amide bonds. The minimum Gasteiger partial charge on any atom is -0.506 e. The van der Waals surface area contributed by atoms with E-state index in [-0.39, 0.29) is 22.3 Å². The number of aromatic amines is 1. The molecule has 3 aromatic rings. The van der Waals surface area contributed by atoms with Crippen molar-refractivity contribution in [3.63, 3.8) is 0 Å². The summed E-state index contributed by atoms with van der Waals surface area (Å²) in [4.78, 5) is 30.8. The summed E-state index contributed by atoms with van der Waals surface area (Å²) in [6.07, 6.45) is 7.87. The lowest BCUT2D eigenvalue weighted by atomic mass is 9.93. The van der Waals surface area contributed by atoms with Crippen molar-refractivity contribution in [3.8, 4) is 5.75 Å². The van der Waals surface area contributed by atoms with Crippen molar-refractivity contribution in [3.05, 3.63) is 63.0 Å². The number of phenols is 1. The zero-order valence-electron chi connectivity index (χ0n) is 21.3. The highest BCUT2D eigenvalue weighted by Crippen LogP contribution is 2.29. The molecule has 1 heterocycles. The first-order chi connectivity index (χ1) is 17.9. The van der Waals surface area contributed by atoms with Crippen molar-refractivity contribution in [1.82, 2.24) is 14.8 Å². The van der Waals surface area contributed by atoms with Gasteiger partial charge in [-0.15, -0.1) is 0 Å². The van der Waals surface area contributed by atoms with Gasteiger partial charge >= 0.3 is 4.87 Å². The van der Waals surface area contributed by atoms with Crippen LogP contribution in [0.25, 0.3) is 10.2 Å². The number of carbonyl (C=O) groups is 1. The van der Waals surface area contributed by atoms with Crippen molar-refractivity contribution < 1.29 is 14.3 Å². The summed E-state index contributed by atoms with van der Waals surface area (Å²) in [5.74, 6) is -0.452. The Balaban J connectivity index is 1.43. The molecule has 0 spiro atoms. The van der Waals surface area contributed by atoms with Gasteiger partial charge in [0.2, 0.25) is 5.91 Å². The van der Waals surface area contributed by atoms with Crippen LogP contribution in [-0.2, 0) is 17.6 Å². The quantitative estimate of drug-likeness (QED) is 0.311. The van der Waals surface area contributed by atoms with Gasteiger partial charge in [0.15, 0.2) is 0 Å². The zero-order valence-corrected chi connectivity index (χ0v) is 22.1. The third-order valence-corrected chi connectivity index (χ3v) is 8.34. The first-order valence-corrected chi connectivity index (χ1v) is 14.0. The highest BCUT2D eigenvalue weighted by molar-refractivity contribution is 7.16. The third-order valence-electron chi connectivity index (χ3n) is 7.38.